The Hall–Kier alpha value is -1.85. The van der Waals surface area contributed by atoms with Crippen molar-refractivity contribution in [1.29, 1.82) is 0 Å². The summed E-state index contributed by atoms with van der Waals surface area (Å²) in [4.78, 5) is 15.8. The lowest BCUT2D eigenvalue weighted by Gasteiger charge is -2.17. The molecule has 1 aliphatic carbocycles. The first-order valence-corrected chi connectivity index (χ1v) is 7.81. The smallest absolute Gasteiger partial charge is 0.225 e. The van der Waals surface area contributed by atoms with Gasteiger partial charge in [0.2, 0.25) is 5.95 Å². The van der Waals surface area contributed by atoms with E-state index in [1.165, 1.54) is 25.7 Å². The van der Waals surface area contributed by atoms with Gasteiger partial charge in [-0.25, -0.2) is 9.97 Å². The molecule has 1 aromatic rings. The highest BCUT2D eigenvalue weighted by atomic mass is 15.3. The van der Waals surface area contributed by atoms with Crippen LogP contribution in [0.2, 0.25) is 0 Å². The van der Waals surface area contributed by atoms with Crippen molar-refractivity contribution in [2.24, 2.45) is 4.99 Å². The van der Waals surface area contributed by atoms with Crippen molar-refractivity contribution in [2.75, 3.05) is 25.0 Å². The third-order valence-corrected chi connectivity index (χ3v) is 3.86. The summed E-state index contributed by atoms with van der Waals surface area (Å²) in [5.74, 6) is 1.73. The van der Waals surface area contributed by atoms with Crippen molar-refractivity contribution in [3.8, 4) is 0 Å². The number of aryl methyl sites for hydroxylation is 1. The van der Waals surface area contributed by atoms with Crippen molar-refractivity contribution in [1.82, 2.24) is 20.6 Å². The monoisotopic (exact) mass is 288 g/mol. The largest absolute Gasteiger partial charge is 0.354 e. The lowest BCUT2D eigenvalue weighted by molar-refractivity contribution is 0.778. The zero-order valence-electron chi connectivity index (χ0n) is 12.9. The van der Waals surface area contributed by atoms with Crippen molar-refractivity contribution in [2.45, 2.75) is 45.2 Å². The fourth-order valence-corrected chi connectivity index (χ4v) is 2.56. The van der Waals surface area contributed by atoms with Gasteiger partial charge in [0, 0.05) is 31.9 Å². The van der Waals surface area contributed by atoms with E-state index in [1.54, 1.807) is 7.05 Å². The topological polar surface area (TPSA) is 65.4 Å². The van der Waals surface area contributed by atoms with Crippen LogP contribution in [-0.2, 0) is 6.54 Å². The van der Waals surface area contributed by atoms with Crippen LogP contribution in [0.3, 0.4) is 0 Å². The van der Waals surface area contributed by atoms with Gasteiger partial charge in [-0.1, -0.05) is 0 Å². The van der Waals surface area contributed by atoms with Gasteiger partial charge in [0.05, 0.1) is 12.2 Å². The van der Waals surface area contributed by atoms with Gasteiger partial charge in [-0.05, 0) is 38.7 Å². The highest BCUT2D eigenvalue weighted by molar-refractivity contribution is 5.80. The van der Waals surface area contributed by atoms with Gasteiger partial charge in [0.15, 0.2) is 5.96 Å². The van der Waals surface area contributed by atoms with Crippen LogP contribution in [0.4, 0.5) is 5.95 Å². The molecule has 0 amide bonds. The Bertz CT molecular complexity index is 517. The first-order valence-electron chi connectivity index (χ1n) is 7.81. The SMILES string of the molecule is CN=C(NCc1cc(C)nc(N2CCCC2)n1)NC1CC1. The van der Waals surface area contributed by atoms with Gasteiger partial charge in [-0.3, -0.25) is 4.99 Å². The van der Waals surface area contributed by atoms with Crippen molar-refractivity contribution in [3.63, 3.8) is 0 Å². The molecule has 2 heterocycles. The van der Waals surface area contributed by atoms with Crippen LogP contribution in [-0.4, -0.2) is 42.1 Å². The van der Waals surface area contributed by atoms with Crippen LogP contribution >= 0.6 is 0 Å². The van der Waals surface area contributed by atoms with Crippen LogP contribution in [0.1, 0.15) is 37.1 Å². The average Bonchev–Trinajstić information content (AvgIpc) is 3.12. The molecule has 1 aromatic heterocycles. The molecule has 6 heteroatoms. The van der Waals surface area contributed by atoms with E-state index in [-0.39, 0.29) is 0 Å². The first-order chi connectivity index (χ1) is 10.2. The number of hydrogen-bond acceptors (Lipinski definition) is 4. The molecule has 114 valence electrons. The van der Waals surface area contributed by atoms with Crippen LogP contribution < -0.4 is 15.5 Å². The summed E-state index contributed by atoms with van der Waals surface area (Å²) in [6.45, 7) is 4.85. The maximum atomic E-state index is 4.69. The summed E-state index contributed by atoms with van der Waals surface area (Å²) in [6, 6.07) is 2.64. The van der Waals surface area contributed by atoms with Crippen LogP contribution in [0, 0.1) is 6.92 Å². The standard InChI is InChI=1S/C15H24N6/c1-11-9-13(10-17-14(16-2)19-12-5-6-12)20-15(18-11)21-7-3-4-8-21/h9,12H,3-8,10H2,1-2H3,(H2,16,17,19). The van der Waals surface area contributed by atoms with Gasteiger partial charge in [-0.15, -0.1) is 0 Å². The summed E-state index contributed by atoms with van der Waals surface area (Å²) in [5.41, 5.74) is 2.04. The molecule has 2 N–H and O–H groups in total. The minimum Gasteiger partial charge on any atom is -0.354 e. The Labute approximate surface area is 126 Å². The van der Waals surface area contributed by atoms with Gasteiger partial charge in [0.1, 0.15) is 0 Å². The molecule has 0 spiro atoms. The summed E-state index contributed by atoms with van der Waals surface area (Å²) in [6.07, 6.45) is 4.96. The molecule has 0 bridgehead atoms. The van der Waals surface area contributed by atoms with E-state index in [4.69, 9.17) is 0 Å². The van der Waals surface area contributed by atoms with E-state index in [9.17, 15) is 0 Å². The number of nitrogens with zero attached hydrogens (tertiary/aromatic N) is 4. The average molecular weight is 288 g/mol. The zero-order chi connectivity index (χ0) is 14.7. The maximum Gasteiger partial charge on any atom is 0.225 e. The minimum atomic E-state index is 0.600. The second kappa shape index (κ2) is 6.28. The number of aliphatic imine (C=N–C) groups is 1. The number of rotatable bonds is 4. The van der Waals surface area contributed by atoms with E-state index in [1.807, 2.05) is 13.0 Å². The third-order valence-electron chi connectivity index (χ3n) is 3.86. The highest BCUT2D eigenvalue weighted by Crippen LogP contribution is 2.18. The molecule has 0 radical (unpaired) electrons. The Kier molecular flexibility index (Phi) is 4.22. The van der Waals surface area contributed by atoms with Crippen molar-refractivity contribution < 1.29 is 0 Å². The molecule has 3 rings (SSSR count). The molecule has 6 nitrogen and oxygen atoms in total. The van der Waals surface area contributed by atoms with E-state index in [0.29, 0.717) is 12.6 Å². The van der Waals surface area contributed by atoms with E-state index in [2.05, 4.69) is 30.5 Å². The quantitative estimate of drug-likeness (QED) is 0.644. The maximum absolute atomic E-state index is 4.69. The predicted octanol–water partition coefficient (Wildman–Crippen LogP) is 1.21. The molecule has 0 unspecified atom stereocenters. The number of hydrogen-bond donors (Lipinski definition) is 2. The highest BCUT2D eigenvalue weighted by Gasteiger charge is 2.22. The van der Waals surface area contributed by atoms with Crippen LogP contribution in [0.5, 0.6) is 0 Å². The zero-order valence-corrected chi connectivity index (χ0v) is 12.9. The molecule has 0 atom stereocenters. The summed E-state index contributed by atoms with van der Waals surface area (Å²) in [7, 11) is 1.80. The Balaban J connectivity index is 1.63. The third kappa shape index (κ3) is 3.83. The fourth-order valence-electron chi connectivity index (χ4n) is 2.56. The van der Waals surface area contributed by atoms with E-state index < -0.39 is 0 Å². The Morgan fingerprint density at radius 2 is 2.10 bits per heavy atom. The molecular weight excluding hydrogens is 264 g/mol. The Morgan fingerprint density at radius 1 is 1.33 bits per heavy atom. The second-order valence-corrected chi connectivity index (χ2v) is 5.84. The molecule has 21 heavy (non-hydrogen) atoms. The van der Waals surface area contributed by atoms with Gasteiger partial charge in [-0.2, -0.15) is 0 Å². The lowest BCUT2D eigenvalue weighted by Crippen LogP contribution is -2.38. The summed E-state index contributed by atoms with van der Waals surface area (Å²) < 4.78 is 0. The van der Waals surface area contributed by atoms with Crippen LogP contribution in [0.25, 0.3) is 0 Å². The molecule has 1 saturated heterocycles. The molecule has 2 aliphatic rings. The molecule has 1 aliphatic heterocycles. The Morgan fingerprint density at radius 3 is 2.76 bits per heavy atom. The fraction of sp³-hybridized carbons (Fsp3) is 0.667. The van der Waals surface area contributed by atoms with Gasteiger partial charge < -0.3 is 15.5 Å². The minimum absolute atomic E-state index is 0.600. The van der Waals surface area contributed by atoms with Gasteiger partial charge in [0.25, 0.3) is 0 Å². The van der Waals surface area contributed by atoms with E-state index in [0.717, 1.165) is 36.4 Å². The number of guanidine groups is 1. The molecular formula is C15H24N6. The second-order valence-electron chi connectivity index (χ2n) is 5.84. The number of aromatic nitrogens is 2. The first kappa shape index (κ1) is 14.1. The van der Waals surface area contributed by atoms with Crippen molar-refractivity contribution >= 4 is 11.9 Å². The van der Waals surface area contributed by atoms with Crippen LogP contribution in [0.15, 0.2) is 11.1 Å². The van der Waals surface area contributed by atoms with Gasteiger partial charge >= 0.3 is 0 Å². The predicted molar refractivity (Wildman–Crippen MR) is 84.6 cm³/mol. The summed E-state index contributed by atoms with van der Waals surface area (Å²) in [5, 5.41) is 6.71. The van der Waals surface area contributed by atoms with E-state index >= 15 is 0 Å². The normalized spacial score (nSPS) is 19.0. The van der Waals surface area contributed by atoms with Crippen molar-refractivity contribution in [3.05, 3.63) is 17.5 Å². The molecule has 1 saturated carbocycles. The summed E-state index contributed by atoms with van der Waals surface area (Å²) >= 11 is 0. The number of anilines is 1. The molecule has 0 aromatic carbocycles. The molecule has 2 fully saturated rings. The number of nitrogens with one attached hydrogen (secondary N) is 2. The lowest BCUT2D eigenvalue weighted by atomic mass is 10.3.